The van der Waals surface area contributed by atoms with Crippen LogP contribution in [0.25, 0.3) is 0 Å². The Balaban J connectivity index is 5.28. The third-order valence-electron chi connectivity index (χ3n) is 4.05. The van der Waals surface area contributed by atoms with Crippen molar-refractivity contribution in [2.24, 2.45) is 27.9 Å². The van der Waals surface area contributed by atoms with E-state index in [0.717, 1.165) is 0 Å². The molecule has 4 amide bonds. The van der Waals surface area contributed by atoms with Crippen LogP contribution in [0.5, 0.6) is 0 Å². The second kappa shape index (κ2) is 15.7. The molecular weight excluding hydrogens is 444 g/mol. The molecule has 14 nitrogen and oxygen atoms in total. The molecule has 0 aromatic rings. The summed E-state index contributed by atoms with van der Waals surface area (Å²) < 4.78 is 0. The summed E-state index contributed by atoms with van der Waals surface area (Å²) in [5.74, 6) is -4.03. The molecule has 0 aliphatic carbocycles. The number of carboxylic acids is 1. The fraction of sp³-hybridized carbons (Fsp3) is 0.647. The van der Waals surface area contributed by atoms with Crippen molar-refractivity contribution in [3.63, 3.8) is 0 Å². The van der Waals surface area contributed by atoms with Crippen LogP contribution in [0, 0.1) is 0 Å². The number of thioether (sulfide) groups is 1. The summed E-state index contributed by atoms with van der Waals surface area (Å²) in [6.07, 6.45) is 1.81. The van der Waals surface area contributed by atoms with Gasteiger partial charge in [0.05, 0.1) is 13.0 Å². The molecule has 0 aliphatic heterocycles. The maximum atomic E-state index is 12.7. The van der Waals surface area contributed by atoms with E-state index in [4.69, 9.17) is 22.9 Å². The minimum Gasteiger partial charge on any atom is -0.480 e. The third kappa shape index (κ3) is 12.6. The van der Waals surface area contributed by atoms with Crippen LogP contribution in [-0.4, -0.2) is 83.9 Å². The van der Waals surface area contributed by atoms with Crippen LogP contribution < -0.4 is 38.9 Å². The van der Waals surface area contributed by atoms with Crippen molar-refractivity contribution in [2.45, 2.75) is 43.8 Å². The number of primary amides is 1. The van der Waals surface area contributed by atoms with Crippen molar-refractivity contribution >= 4 is 47.3 Å². The standard InChI is InChI=1S/C17H32N8O6S/c1-32-6-4-9(24-15(29)11(7-12(19)26)23-13(27)8-18)14(28)25-10(16(30)31)3-2-5-22-17(20)21/h9-11H,2-8,18H2,1H3,(H2,19,26)(H,23,27)(H,24,29)(H,25,28)(H,30,31)(H4,20,21,22). The van der Waals surface area contributed by atoms with Gasteiger partial charge >= 0.3 is 5.97 Å². The number of amides is 4. The highest BCUT2D eigenvalue weighted by Gasteiger charge is 2.29. The van der Waals surface area contributed by atoms with E-state index >= 15 is 0 Å². The fourth-order valence-corrected chi connectivity index (χ4v) is 2.95. The Hall–Kier alpha value is -3.07. The predicted octanol–water partition coefficient (Wildman–Crippen LogP) is -3.83. The van der Waals surface area contributed by atoms with Gasteiger partial charge < -0.3 is 44.0 Å². The lowest BCUT2D eigenvalue weighted by atomic mass is 10.1. The quantitative estimate of drug-likeness (QED) is 0.0611. The summed E-state index contributed by atoms with van der Waals surface area (Å²) in [5, 5.41) is 16.5. The lowest BCUT2D eigenvalue weighted by molar-refractivity contribution is -0.142. The first-order valence-electron chi connectivity index (χ1n) is 9.67. The van der Waals surface area contributed by atoms with Crippen LogP contribution in [0.2, 0.25) is 0 Å². The Kier molecular flexibility index (Phi) is 14.2. The summed E-state index contributed by atoms with van der Waals surface area (Å²) in [6.45, 7) is -0.233. The molecule has 15 heteroatoms. The van der Waals surface area contributed by atoms with Gasteiger partial charge in [0, 0.05) is 6.54 Å². The molecule has 12 N–H and O–H groups in total. The Labute approximate surface area is 189 Å². The van der Waals surface area contributed by atoms with Gasteiger partial charge in [-0.05, 0) is 31.3 Å². The molecule has 0 saturated heterocycles. The number of aliphatic imine (C=N–C) groups is 1. The zero-order valence-electron chi connectivity index (χ0n) is 17.8. The van der Waals surface area contributed by atoms with E-state index < -0.39 is 60.7 Å². The van der Waals surface area contributed by atoms with Gasteiger partial charge in [-0.25, -0.2) is 4.79 Å². The summed E-state index contributed by atoms with van der Waals surface area (Å²) >= 11 is 1.41. The normalized spacial score (nSPS) is 13.2. The van der Waals surface area contributed by atoms with Gasteiger partial charge in [0.1, 0.15) is 18.1 Å². The first-order valence-corrected chi connectivity index (χ1v) is 11.1. The Morgan fingerprint density at radius 2 is 1.53 bits per heavy atom. The maximum absolute atomic E-state index is 12.7. The molecule has 182 valence electrons. The number of hydrogen-bond acceptors (Lipinski definition) is 8. The smallest absolute Gasteiger partial charge is 0.326 e. The number of aliphatic carboxylic acids is 1. The highest BCUT2D eigenvalue weighted by atomic mass is 32.2. The van der Waals surface area contributed by atoms with E-state index in [9.17, 15) is 29.1 Å². The highest BCUT2D eigenvalue weighted by molar-refractivity contribution is 7.98. The van der Waals surface area contributed by atoms with Gasteiger partial charge in [0.2, 0.25) is 23.6 Å². The Morgan fingerprint density at radius 1 is 0.938 bits per heavy atom. The average molecular weight is 477 g/mol. The molecular formula is C17H32N8O6S. The Morgan fingerprint density at radius 3 is 2.03 bits per heavy atom. The van der Waals surface area contributed by atoms with Crippen LogP contribution in [-0.2, 0) is 24.0 Å². The molecule has 3 unspecified atom stereocenters. The van der Waals surface area contributed by atoms with Crippen molar-refractivity contribution < 1.29 is 29.1 Å². The first-order chi connectivity index (χ1) is 15.0. The van der Waals surface area contributed by atoms with Crippen LogP contribution in [0.3, 0.4) is 0 Å². The number of nitrogens with zero attached hydrogens (tertiary/aromatic N) is 1. The molecule has 0 aliphatic rings. The lowest BCUT2D eigenvalue weighted by Crippen LogP contribution is -2.57. The highest BCUT2D eigenvalue weighted by Crippen LogP contribution is 2.05. The summed E-state index contributed by atoms with van der Waals surface area (Å²) in [7, 11) is 0. The number of nitrogens with one attached hydrogen (secondary N) is 3. The lowest BCUT2D eigenvalue weighted by Gasteiger charge is -2.24. The van der Waals surface area contributed by atoms with Gasteiger partial charge in [-0.2, -0.15) is 11.8 Å². The van der Waals surface area contributed by atoms with E-state index in [0.29, 0.717) is 12.2 Å². The molecule has 0 aromatic heterocycles. The van der Waals surface area contributed by atoms with Crippen LogP contribution >= 0.6 is 11.8 Å². The second-order valence-electron chi connectivity index (χ2n) is 6.69. The van der Waals surface area contributed by atoms with Crippen molar-refractivity contribution in [3.8, 4) is 0 Å². The third-order valence-corrected chi connectivity index (χ3v) is 4.69. The van der Waals surface area contributed by atoms with Crippen molar-refractivity contribution in [2.75, 3.05) is 25.1 Å². The molecule has 0 bridgehead atoms. The van der Waals surface area contributed by atoms with Crippen LogP contribution in [0.4, 0.5) is 0 Å². The van der Waals surface area contributed by atoms with Gasteiger partial charge in [0.15, 0.2) is 5.96 Å². The second-order valence-corrected chi connectivity index (χ2v) is 7.67. The average Bonchev–Trinajstić information content (AvgIpc) is 2.71. The fourth-order valence-electron chi connectivity index (χ4n) is 2.47. The predicted molar refractivity (Wildman–Crippen MR) is 119 cm³/mol. The molecule has 0 fully saturated rings. The maximum Gasteiger partial charge on any atom is 0.326 e. The molecule has 0 rings (SSSR count). The van der Waals surface area contributed by atoms with E-state index in [1.165, 1.54) is 11.8 Å². The van der Waals surface area contributed by atoms with E-state index in [1.807, 2.05) is 0 Å². The monoisotopic (exact) mass is 476 g/mol. The Bertz CT molecular complexity index is 701. The molecule has 0 aromatic carbocycles. The van der Waals surface area contributed by atoms with E-state index in [2.05, 4.69) is 20.9 Å². The number of nitrogens with two attached hydrogens (primary N) is 4. The van der Waals surface area contributed by atoms with E-state index in [1.54, 1.807) is 6.26 Å². The van der Waals surface area contributed by atoms with Crippen molar-refractivity contribution in [1.82, 2.24) is 16.0 Å². The topological polar surface area (TPSA) is 258 Å². The summed E-state index contributed by atoms with van der Waals surface area (Å²) in [5.41, 5.74) is 20.8. The molecule has 32 heavy (non-hydrogen) atoms. The summed E-state index contributed by atoms with van der Waals surface area (Å²) in [6, 6.07) is -3.67. The minimum absolute atomic E-state index is 0.0535. The molecule has 0 saturated carbocycles. The van der Waals surface area contributed by atoms with Gasteiger partial charge in [-0.15, -0.1) is 0 Å². The number of rotatable bonds is 16. The summed E-state index contributed by atoms with van der Waals surface area (Å²) in [4.78, 5) is 63.3. The molecule has 0 heterocycles. The minimum atomic E-state index is -1.33. The SMILES string of the molecule is CSCCC(NC(=O)C(CC(N)=O)NC(=O)CN)C(=O)NC(CCCN=C(N)N)C(=O)O. The number of hydrogen-bond donors (Lipinski definition) is 8. The number of carbonyl (C=O) groups excluding carboxylic acids is 4. The van der Waals surface area contributed by atoms with Crippen LogP contribution in [0.15, 0.2) is 4.99 Å². The van der Waals surface area contributed by atoms with Crippen molar-refractivity contribution in [3.05, 3.63) is 0 Å². The number of carbonyl (C=O) groups is 5. The van der Waals surface area contributed by atoms with Crippen LogP contribution in [0.1, 0.15) is 25.7 Å². The first kappa shape index (κ1) is 28.9. The van der Waals surface area contributed by atoms with Gasteiger partial charge in [0.25, 0.3) is 0 Å². The molecule has 0 radical (unpaired) electrons. The van der Waals surface area contributed by atoms with Gasteiger partial charge in [-0.1, -0.05) is 0 Å². The van der Waals surface area contributed by atoms with E-state index in [-0.39, 0.29) is 25.3 Å². The number of carboxylic acid groups (broad SMARTS) is 1. The molecule has 0 spiro atoms. The zero-order valence-corrected chi connectivity index (χ0v) is 18.7. The number of guanidine groups is 1. The van der Waals surface area contributed by atoms with Crippen molar-refractivity contribution in [1.29, 1.82) is 0 Å². The van der Waals surface area contributed by atoms with Gasteiger partial charge in [-0.3, -0.25) is 24.2 Å². The molecule has 3 atom stereocenters. The zero-order chi connectivity index (χ0) is 24.7. The largest absolute Gasteiger partial charge is 0.480 e.